The number of pyridine rings is 1. The van der Waals surface area contributed by atoms with Crippen molar-refractivity contribution in [3.8, 4) is 0 Å². The summed E-state index contributed by atoms with van der Waals surface area (Å²) in [5.41, 5.74) is -4.37. The summed E-state index contributed by atoms with van der Waals surface area (Å²) >= 11 is 0. The predicted octanol–water partition coefficient (Wildman–Crippen LogP) is 4.19. The molecule has 0 saturated carbocycles. The zero-order valence-electron chi connectivity index (χ0n) is 8.88. The highest BCUT2D eigenvalue weighted by atomic mass is 19.4. The second-order valence-corrected chi connectivity index (χ2v) is 3.53. The van der Waals surface area contributed by atoms with E-state index in [1.807, 2.05) is 0 Å². The van der Waals surface area contributed by atoms with Crippen molar-refractivity contribution in [1.29, 1.82) is 0 Å². The quantitative estimate of drug-likeness (QED) is 0.746. The maximum atomic E-state index is 12.8. The van der Waals surface area contributed by atoms with E-state index in [-0.39, 0.29) is 6.20 Å². The van der Waals surface area contributed by atoms with E-state index in [1.54, 1.807) is 0 Å². The SMILES string of the molecule is FC(F)(F)C(F)(F)c1[c]ncc(C(F)(F)C(F)(F)F)c1. The van der Waals surface area contributed by atoms with Crippen LogP contribution in [0.2, 0.25) is 0 Å². The second kappa shape index (κ2) is 4.48. The zero-order chi connectivity index (χ0) is 16.0. The van der Waals surface area contributed by atoms with Gasteiger partial charge in [0, 0.05) is 11.8 Å². The third-order valence-corrected chi connectivity index (χ3v) is 2.10. The van der Waals surface area contributed by atoms with E-state index in [0.717, 1.165) is 6.20 Å². The van der Waals surface area contributed by atoms with Crippen molar-refractivity contribution < 1.29 is 43.9 Å². The number of halogens is 10. The average Bonchev–Trinajstić information content (AvgIpc) is 2.26. The molecule has 20 heavy (non-hydrogen) atoms. The van der Waals surface area contributed by atoms with Crippen LogP contribution < -0.4 is 0 Å². The van der Waals surface area contributed by atoms with E-state index in [0.29, 0.717) is 0 Å². The Balaban J connectivity index is 3.36. The molecule has 0 unspecified atom stereocenters. The van der Waals surface area contributed by atoms with Crippen molar-refractivity contribution in [3.63, 3.8) is 0 Å². The first-order chi connectivity index (χ1) is 8.71. The van der Waals surface area contributed by atoms with Crippen LogP contribution in [0, 0.1) is 6.20 Å². The van der Waals surface area contributed by atoms with Crippen LogP contribution in [-0.4, -0.2) is 17.3 Å². The Bertz CT molecular complexity index is 445. The van der Waals surface area contributed by atoms with Crippen LogP contribution in [0.1, 0.15) is 11.1 Å². The molecule has 0 aliphatic heterocycles. The third-order valence-electron chi connectivity index (χ3n) is 2.10. The molecule has 11 heteroatoms. The van der Waals surface area contributed by atoms with E-state index < -0.39 is 41.4 Å². The Kier molecular flexibility index (Phi) is 3.70. The summed E-state index contributed by atoms with van der Waals surface area (Å²) < 4.78 is 123. The van der Waals surface area contributed by atoms with Crippen LogP contribution in [0.4, 0.5) is 43.9 Å². The fourth-order valence-corrected chi connectivity index (χ4v) is 1.05. The van der Waals surface area contributed by atoms with Crippen molar-refractivity contribution in [2.45, 2.75) is 24.2 Å². The minimum absolute atomic E-state index is 0.191. The monoisotopic (exact) mass is 314 g/mol. The molecule has 113 valence electrons. The highest BCUT2D eigenvalue weighted by Gasteiger charge is 2.62. The summed E-state index contributed by atoms with van der Waals surface area (Å²) in [6, 6.07) is -0.631. The molecule has 0 fully saturated rings. The Morgan fingerprint density at radius 2 is 1.20 bits per heavy atom. The molecule has 0 aromatic carbocycles. The lowest BCUT2D eigenvalue weighted by Crippen LogP contribution is -2.36. The topological polar surface area (TPSA) is 12.9 Å². The molecular weight excluding hydrogens is 312 g/mol. The largest absolute Gasteiger partial charge is 0.458 e. The number of nitrogens with zero attached hydrogens (tertiary/aromatic N) is 1. The van der Waals surface area contributed by atoms with Gasteiger partial charge in [0.05, 0.1) is 11.8 Å². The lowest BCUT2D eigenvalue weighted by Gasteiger charge is -2.22. The fourth-order valence-electron chi connectivity index (χ4n) is 1.05. The van der Waals surface area contributed by atoms with E-state index in [9.17, 15) is 43.9 Å². The van der Waals surface area contributed by atoms with E-state index in [1.165, 1.54) is 0 Å². The van der Waals surface area contributed by atoms with Gasteiger partial charge in [-0.05, 0) is 6.07 Å². The fraction of sp³-hybridized carbons (Fsp3) is 0.444. The molecule has 1 aromatic heterocycles. The second-order valence-electron chi connectivity index (χ2n) is 3.53. The number of alkyl halides is 10. The molecule has 0 aliphatic carbocycles. The minimum atomic E-state index is -6.18. The van der Waals surface area contributed by atoms with Gasteiger partial charge in [-0.1, -0.05) is 0 Å². The van der Waals surface area contributed by atoms with Crippen LogP contribution in [0.3, 0.4) is 0 Å². The molecule has 1 heterocycles. The van der Waals surface area contributed by atoms with Gasteiger partial charge < -0.3 is 0 Å². The van der Waals surface area contributed by atoms with Crippen molar-refractivity contribution in [2.24, 2.45) is 0 Å². The van der Waals surface area contributed by atoms with Crippen LogP contribution >= 0.6 is 0 Å². The molecule has 0 N–H and O–H groups in total. The number of hydrogen-bond acceptors (Lipinski definition) is 1. The molecule has 1 radical (unpaired) electrons. The highest BCUT2D eigenvalue weighted by molar-refractivity contribution is 5.26. The molecular formula is C9H2F10N. The van der Waals surface area contributed by atoms with Gasteiger partial charge in [-0.15, -0.1) is 0 Å². The minimum Gasteiger partial charge on any atom is -0.254 e. The van der Waals surface area contributed by atoms with Crippen LogP contribution in [-0.2, 0) is 11.8 Å². The first-order valence-corrected chi connectivity index (χ1v) is 4.49. The highest BCUT2D eigenvalue weighted by Crippen LogP contribution is 2.47. The number of hydrogen-bond donors (Lipinski definition) is 0. The lowest BCUT2D eigenvalue weighted by molar-refractivity contribution is -0.292. The molecule has 0 aliphatic rings. The molecule has 0 bridgehead atoms. The van der Waals surface area contributed by atoms with Crippen LogP contribution in [0.15, 0.2) is 12.3 Å². The van der Waals surface area contributed by atoms with Gasteiger partial charge in [-0.2, -0.15) is 43.9 Å². The standard InChI is InChI=1S/C9H2F10N/c10-6(11,8(14,15)16)4-1-5(3-20-2-4)7(12,13)9(17,18)19/h1-2H. The average molecular weight is 314 g/mol. The van der Waals surface area contributed by atoms with E-state index in [2.05, 4.69) is 4.98 Å². The Hall–Kier alpha value is -1.55. The Labute approximate surface area is 104 Å². The first-order valence-electron chi connectivity index (χ1n) is 4.49. The predicted molar refractivity (Wildman–Crippen MR) is 43.0 cm³/mol. The molecule has 1 rings (SSSR count). The van der Waals surface area contributed by atoms with E-state index in [4.69, 9.17) is 0 Å². The molecule has 0 saturated heterocycles. The van der Waals surface area contributed by atoms with Gasteiger partial charge >= 0.3 is 24.2 Å². The molecule has 1 aromatic rings. The number of aromatic nitrogens is 1. The van der Waals surface area contributed by atoms with Gasteiger partial charge in [0.15, 0.2) is 0 Å². The lowest BCUT2D eigenvalue weighted by atomic mass is 10.0. The van der Waals surface area contributed by atoms with E-state index >= 15 is 0 Å². The van der Waals surface area contributed by atoms with Crippen molar-refractivity contribution in [3.05, 3.63) is 29.6 Å². The first kappa shape index (κ1) is 16.5. The maximum absolute atomic E-state index is 12.8. The van der Waals surface area contributed by atoms with Gasteiger partial charge in [-0.25, -0.2) is 0 Å². The van der Waals surface area contributed by atoms with Gasteiger partial charge in [-0.3, -0.25) is 4.98 Å². The summed E-state index contributed by atoms with van der Waals surface area (Å²) in [7, 11) is 0. The summed E-state index contributed by atoms with van der Waals surface area (Å²) in [5, 5.41) is 0. The molecule has 1 nitrogen and oxygen atoms in total. The maximum Gasteiger partial charge on any atom is 0.458 e. The van der Waals surface area contributed by atoms with Crippen molar-refractivity contribution in [1.82, 2.24) is 4.98 Å². The summed E-state index contributed by atoms with van der Waals surface area (Å²) in [6.45, 7) is 0. The summed E-state index contributed by atoms with van der Waals surface area (Å²) in [6.07, 6.45) is -11.5. The number of rotatable bonds is 2. The zero-order valence-corrected chi connectivity index (χ0v) is 8.88. The molecule has 0 atom stereocenters. The molecule has 0 spiro atoms. The van der Waals surface area contributed by atoms with Crippen molar-refractivity contribution >= 4 is 0 Å². The Morgan fingerprint density at radius 3 is 1.60 bits per heavy atom. The van der Waals surface area contributed by atoms with Gasteiger partial charge in [0.1, 0.15) is 0 Å². The normalized spacial score (nSPS) is 14.5. The smallest absolute Gasteiger partial charge is 0.254 e. The molecule has 0 amide bonds. The van der Waals surface area contributed by atoms with Gasteiger partial charge in [0.2, 0.25) is 0 Å². The summed E-state index contributed by atoms with van der Waals surface area (Å²) in [4.78, 5) is 2.46. The Morgan fingerprint density at radius 1 is 0.750 bits per heavy atom. The third kappa shape index (κ3) is 2.66. The van der Waals surface area contributed by atoms with Crippen molar-refractivity contribution in [2.75, 3.05) is 0 Å². The van der Waals surface area contributed by atoms with Crippen LogP contribution in [0.25, 0.3) is 0 Å². The summed E-state index contributed by atoms with van der Waals surface area (Å²) in [5.74, 6) is -11.3. The van der Waals surface area contributed by atoms with Gasteiger partial charge in [0.25, 0.3) is 0 Å². The van der Waals surface area contributed by atoms with Crippen LogP contribution in [0.5, 0.6) is 0 Å².